The Bertz CT molecular complexity index is 753. The second-order valence-electron chi connectivity index (χ2n) is 6.00. The van der Waals surface area contributed by atoms with Crippen molar-refractivity contribution in [2.75, 3.05) is 16.8 Å². The minimum atomic E-state index is -0.521. The van der Waals surface area contributed by atoms with Crippen molar-refractivity contribution in [3.05, 3.63) is 66.7 Å². The third kappa shape index (κ3) is 5.48. The molecule has 0 atom stereocenters. The lowest BCUT2D eigenvalue weighted by Gasteiger charge is -2.27. The Hall–Kier alpha value is -3.08. The topological polar surface area (TPSA) is 58.6 Å². The van der Waals surface area contributed by atoms with E-state index in [0.29, 0.717) is 0 Å². The molecular formula is C21H24N2O3. The zero-order chi connectivity index (χ0) is 18.9. The van der Waals surface area contributed by atoms with E-state index < -0.39 is 5.97 Å². The Balaban J connectivity index is 2.07. The second-order valence-corrected chi connectivity index (χ2v) is 6.00. The number of carbonyl (C=O) groups is 2. The van der Waals surface area contributed by atoms with Gasteiger partial charge in [-0.25, -0.2) is 4.79 Å². The van der Waals surface area contributed by atoms with Crippen LogP contribution in [0.2, 0.25) is 0 Å². The zero-order valence-electron chi connectivity index (χ0n) is 15.3. The summed E-state index contributed by atoms with van der Waals surface area (Å²) < 4.78 is 4.97. The summed E-state index contributed by atoms with van der Waals surface area (Å²) in [4.78, 5) is 25.5. The summed E-state index contributed by atoms with van der Waals surface area (Å²) in [7, 11) is 0. The highest BCUT2D eigenvalue weighted by atomic mass is 16.5. The van der Waals surface area contributed by atoms with Gasteiger partial charge in [-0.2, -0.15) is 0 Å². The Morgan fingerprint density at radius 2 is 1.65 bits per heavy atom. The number of hydrogen-bond donors (Lipinski definition) is 1. The van der Waals surface area contributed by atoms with Crippen molar-refractivity contribution in [3.63, 3.8) is 0 Å². The summed E-state index contributed by atoms with van der Waals surface area (Å²) in [6, 6.07) is 17.4. The molecule has 26 heavy (non-hydrogen) atoms. The molecule has 0 saturated heterocycles. The molecule has 0 unspecified atom stereocenters. The van der Waals surface area contributed by atoms with Crippen molar-refractivity contribution in [2.24, 2.45) is 0 Å². The zero-order valence-corrected chi connectivity index (χ0v) is 15.3. The Kier molecular flexibility index (Phi) is 6.97. The molecule has 0 fully saturated rings. The number of esters is 1. The standard InChI is InChI=1S/C21H24N2O3/c1-4-8-21(25)26-15-20(24)23(16(2)3)19-13-11-18(12-14-19)22-17-9-6-5-7-10-17/h4-14,16,22H,15H2,1-3H3. The molecule has 2 aromatic carbocycles. The van der Waals surface area contributed by atoms with E-state index in [1.54, 1.807) is 17.9 Å². The molecule has 0 aromatic heterocycles. The monoisotopic (exact) mass is 352 g/mol. The molecule has 1 amide bonds. The van der Waals surface area contributed by atoms with Gasteiger partial charge in [0.15, 0.2) is 6.61 Å². The number of allylic oxidation sites excluding steroid dienone is 1. The minimum Gasteiger partial charge on any atom is -0.452 e. The molecule has 2 aromatic rings. The van der Waals surface area contributed by atoms with Crippen molar-refractivity contribution < 1.29 is 14.3 Å². The number of ether oxygens (including phenoxy) is 1. The van der Waals surface area contributed by atoms with Crippen LogP contribution in [0.4, 0.5) is 17.1 Å². The van der Waals surface area contributed by atoms with E-state index in [4.69, 9.17) is 4.74 Å². The van der Waals surface area contributed by atoms with E-state index in [1.165, 1.54) is 6.08 Å². The van der Waals surface area contributed by atoms with Crippen LogP contribution in [0.5, 0.6) is 0 Å². The molecule has 0 aliphatic rings. The van der Waals surface area contributed by atoms with E-state index in [9.17, 15) is 9.59 Å². The maximum atomic E-state index is 12.5. The lowest BCUT2D eigenvalue weighted by atomic mass is 10.2. The highest BCUT2D eigenvalue weighted by Gasteiger charge is 2.20. The minimum absolute atomic E-state index is 0.0594. The van der Waals surface area contributed by atoms with Crippen LogP contribution in [-0.2, 0) is 14.3 Å². The summed E-state index contributed by atoms with van der Waals surface area (Å²) in [5.41, 5.74) is 2.68. The third-order valence-corrected chi connectivity index (χ3v) is 3.63. The van der Waals surface area contributed by atoms with Crippen LogP contribution < -0.4 is 10.2 Å². The lowest BCUT2D eigenvalue weighted by molar-refractivity contribution is -0.143. The van der Waals surface area contributed by atoms with Crippen molar-refractivity contribution in [3.8, 4) is 0 Å². The largest absolute Gasteiger partial charge is 0.452 e. The number of nitrogens with zero attached hydrogens (tertiary/aromatic N) is 1. The molecule has 0 heterocycles. The smallest absolute Gasteiger partial charge is 0.330 e. The van der Waals surface area contributed by atoms with Gasteiger partial charge in [-0.15, -0.1) is 0 Å². The number of benzene rings is 2. The van der Waals surface area contributed by atoms with Crippen molar-refractivity contribution in [2.45, 2.75) is 26.8 Å². The Labute approximate surface area is 154 Å². The van der Waals surface area contributed by atoms with Crippen molar-refractivity contribution in [1.29, 1.82) is 0 Å². The predicted molar refractivity (Wildman–Crippen MR) is 105 cm³/mol. The summed E-state index contributed by atoms with van der Waals surface area (Å²) in [6.45, 7) is 5.27. The Morgan fingerprint density at radius 3 is 2.23 bits per heavy atom. The second kappa shape index (κ2) is 9.42. The average Bonchev–Trinajstić information content (AvgIpc) is 2.62. The van der Waals surface area contributed by atoms with Crippen molar-refractivity contribution >= 4 is 28.9 Å². The first-order chi connectivity index (χ1) is 12.5. The molecule has 5 heteroatoms. The van der Waals surface area contributed by atoms with E-state index in [1.807, 2.05) is 68.4 Å². The first kappa shape index (κ1) is 19.2. The molecule has 136 valence electrons. The maximum Gasteiger partial charge on any atom is 0.330 e. The summed E-state index contributed by atoms with van der Waals surface area (Å²) in [6.07, 6.45) is 2.86. The average molecular weight is 352 g/mol. The van der Waals surface area contributed by atoms with E-state index >= 15 is 0 Å². The number of carbonyl (C=O) groups excluding carboxylic acids is 2. The molecule has 0 radical (unpaired) electrons. The fraction of sp³-hybridized carbons (Fsp3) is 0.238. The molecular weight excluding hydrogens is 328 g/mol. The number of amides is 1. The molecule has 0 aliphatic heterocycles. The van der Waals surface area contributed by atoms with Gasteiger partial charge < -0.3 is 15.0 Å². The van der Waals surface area contributed by atoms with Gasteiger partial charge in [0.05, 0.1) is 0 Å². The van der Waals surface area contributed by atoms with Crippen LogP contribution in [0.1, 0.15) is 20.8 Å². The van der Waals surface area contributed by atoms with Crippen LogP contribution in [0.15, 0.2) is 66.7 Å². The van der Waals surface area contributed by atoms with Gasteiger partial charge in [0.1, 0.15) is 0 Å². The van der Waals surface area contributed by atoms with Crippen molar-refractivity contribution in [1.82, 2.24) is 0 Å². The number of rotatable bonds is 7. The molecule has 0 aliphatic carbocycles. The van der Waals surface area contributed by atoms with Gasteiger partial charge in [0.25, 0.3) is 5.91 Å². The van der Waals surface area contributed by atoms with Gasteiger partial charge in [-0.3, -0.25) is 4.79 Å². The first-order valence-electron chi connectivity index (χ1n) is 8.55. The molecule has 2 rings (SSSR count). The number of nitrogens with one attached hydrogen (secondary N) is 1. The highest BCUT2D eigenvalue weighted by molar-refractivity contribution is 5.96. The fourth-order valence-corrected chi connectivity index (χ4v) is 2.51. The van der Waals surface area contributed by atoms with Crippen LogP contribution in [0.25, 0.3) is 0 Å². The molecule has 0 bridgehead atoms. The number of anilines is 3. The van der Waals surface area contributed by atoms with Gasteiger partial charge in [-0.1, -0.05) is 24.3 Å². The van der Waals surface area contributed by atoms with Gasteiger partial charge in [0.2, 0.25) is 0 Å². The van der Waals surface area contributed by atoms with Gasteiger partial charge in [-0.05, 0) is 57.2 Å². The van der Waals surface area contributed by atoms with Crippen LogP contribution in [0, 0.1) is 0 Å². The maximum absolute atomic E-state index is 12.5. The van der Waals surface area contributed by atoms with E-state index in [0.717, 1.165) is 17.1 Å². The molecule has 0 spiro atoms. The quantitative estimate of drug-likeness (QED) is 0.596. The Morgan fingerprint density at radius 1 is 1.04 bits per heavy atom. The number of para-hydroxylation sites is 1. The highest BCUT2D eigenvalue weighted by Crippen LogP contribution is 2.22. The van der Waals surface area contributed by atoms with Gasteiger partial charge in [0, 0.05) is 29.2 Å². The first-order valence-corrected chi connectivity index (χ1v) is 8.55. The molecule has 5 nitrogen and oxygen atoms in total. The van der Waals surface area contributed by atoms with Gasteiger partial charge >= 0.3 is 5.97 Å². The molecule has 0 saturated carbocycles. The van der Waals surface area contributed by atoms with Crippen LogP contribution in [-0.4, -0.2) is 24.5 Å². The third-order valence-electron chi connectivity index (χ3n) is 3.63. The summed E-state index contributed by atoms with van der Waals surface area (Å²) in [5.74, 6) is -0.784. The van der Waals surface area contributed by atoms with Crippen LogP contribution in [0.3, 0.4) is 0 Å². The molecule has 1 N–H and O–H groups in total. The lowest BCUT2D eigenvalue weighted by Crippen LogP contribution is -2.39. The SMILES string of the molecule is CC=CC(=O)OCC(=O)N(c1ccc(Nc2ccccc2)cc1)C(C)C. The van der Waals surface area contributed by atoms with E-state index in [2.05, 4.69) is 5.32 Å². The summed E-state index contributed by atoms with van der Waals surface area (Å²) in [5, 5.41) is 3.30. The predicted octanol–water partition coefficient (Wildman–Crippen LogP) is 4.29. The number of hydrogen-bond acceptors (Lipinski definition) is 4. The van der Waals surface area contributed by atoms with Crippen LogP contribution >= 0.6 is 0 Å². The fourth-order valence-electron chi connectivity index (χ4n) is 2.51. The summed E-state index contributed by atoms with van der Waals surface area (Å²) >= 11 is 0. The van der Waals surface area contributed by atoms with E-state index in [-0.39, 0.29) is 18.6 Å². The normalized spacial score (nSPS) is 10.8.